The molecule has 0 spiro atoms. The van der Waals surface area contributed by atoms with E-state index in [1.54, 1.807) is 0 Å². The molecule has 4 N–H and O–H groups in total. The van der Waals surface area contributed by atoms with E-state index in [2.05, 4.69) is 10.6 Å². The smallest absolute Gasteiger partial charge is 0.253 e. The second-order valence-electron chi connectivity index (χ2n) is 6.79. The topological polar surface area (TPSA) is 114 Å². The number of carbonyl (C=O) groups excluding carboxylic acids is 3. The zero-order chi connectivity index (χ0) is 19.4. The van der Waals surface area contributed by atoms with Crippen LogP contribution in [0.3, 0.4) is 0 Å². The van der Waals surface area contributed by atoms with Crippen molar-refractivity contribution in [3.8, 4) is 0 Å². The van der Waals surface area contributed by atoms with Crippen LogP contribution in [0.1, 0.15) is 19.3 Å². The molecular formula is C18H23FN4O4. The Kier molecular flexibility index (Phi) is 6.02. The Morgan fingerprint density at radius 2 is 2.15 bits per heavy atom. The van der Waals surface area contributed by atoms with Crippen molar-refractivity contribution in [1.29, 1.82) is 0 Å². The molecule has 27 heavy (non-hydrogen) atoms. The Morgan fingerprint density at radius 3 is 2.74 bits per heavy atom. The van der Waals surface area contributed by atoms with Gasteiger partial charge in [-0.1, -0.05) is 6.42 Å². The third-order valence-corrected chi connectivity index (χ3v) is 4.89. The Labute approximate surface area is 156 Å². The summed E-state index contributed by atoms with van der Waals surface area (Å²) < 4.78 is 19.5. The summed E-state index contributed by atoms with van der Waals surface area (Å²) in [5.74, 6) is -2.06. The maximum atomic E-state index is 14.4. The van der Waals surface area contributed by atoms with Crippen LogP contribution in [0.15, 0.2) is 18.2 Å². The molecule has 0 bridgehead atoms. The van der Waals surface area contributed by atoms with Gasteiger partial charge in [0, 0.05) is 12.2 Å². The molecule has 1 atom stereocenters. The number of nitrogens with two attached hydrogens (primary N) is 1. The summed E-state index contributed by atoms with van der Waals surface area (Å²) in [6, 6.07) is 2.82. The van der Waals surface area contributed by atoms with Crippen LogP contribution in [-0.2, 0) is 19.1 Å². The maximum absolute atomic E-state index is 14.4. The third-order valence-electron chi connectivity index (χ3n) is 4.89. The number of ether oxygens (including phenoxy) is 1. The van der Waals surface area contributed by atoms with Crippen molar-refractivity contribution in [2.45, 2.75) is 25.3 Å². The molecule has 0 unspecified atom stereocenters. The number of morpholine rings is 1. The van der Waals surface area contributed by atoms with Crippen LogP contribution in [0.5, 0.6) is 0 Å². The number of nitrogens with one attached hydrogen (secondary N) is 2. The minimum absolute atomic E-state index is 0.0486. The van der Waals surface area contributed by atoms with Gasteiger partial charge in [0.1, 0.15) is 12.4 Å². The highest BCUT2D eigenvalue weighted by Crippen LogP contribution is 2.26. The standard InChI is InChI=1S/C18H23FN4O4/c19-13-8-12(23-6-7-27-10-15(23)24)4-5-14(13)22-18(26)16(17(20)25)21-9-11-2-1-3-11/h4-5,8,11,16,21H,1-3,6-7,9-10H2,(H2,20,25)(H,22,26)/t16-/m0/s1. The van der Waals surface area contributed by atoms with Crippen LogP contribution in [0.2, 0.25) is 0 Å². The van der Waals surface area contributed by atoms with Gasteiger partial charge in [-0.25, -0.2) is 4.39 Å². The van der Waals surface area contributed by atoms with E-state index in [4.69, 9.17) is 10.5 Å². The van der Waals surface area contributed by atoms with Gasteiger partial charge in [0.15, 0.2) is 6.04 Å². The van der Waals surface area contributed by atoms with Gasteiger partial charge in [-0.15, -0.1) is 0 Å². The van der Waals surface area contributed by atoms with E-state index in [1.807, 2.05) is 0 Å². The number of benzene rings is 1. The summed E-state index contributed by atoms with van der Waals surface area (Å²) in [7, 11) is 0. The highest BCUT2D eigenvalue weighted by Gasteiger charge is 2.28. The predicted molar refractivity (Wildman–Crippen MR) is 96.5 cm³/mol. The molecule has 2 aliphatic rings. The van der Waals surface area contributed by atoms with E-state index in [0.717, 1.165) is 19.3 Å². The monoisotopic (exact) mass is 378 g/mol. The van der Waals surface area contributed by atoms with E-state index in [-0.39, 0.29) is 18.2 Å². The predicted octanol–water partition coefficient (Wildman–Crippen LogP) is 0.371. The van der Waals surface area contributed by atoms with Crippen molar-refractivity contribution < 1.29 is 23.5 Å². The van der Waals surface area contributed by atoms with Gasteiger partial charge in [0.25, 0.3) is 11.8 Å². The molecule has 3 rings (SSSR count). The zero-order valence-electron chi connectivity index (χ0n) is 14.9. The Bertz CT molecular complexity index is 738. The van der Waals surface area contributed by atoms with Gasteiger partial charge in [0.2, 0.25) is 5.91 Å². The van der Waals surface area contributed by atoms with Crippen molar-refractivity contribution in [2.24, 2.45) is 11.7 Å². The number of hydrogen-bond donors (Lipinski definition) is 3. The molecule has 0 radical (unpaired) electrons. The number of primary amides is 1. The van der Waals surface area contributed by atoms with E-state index >= 15 is 0 Å². The molecule has 8 nitrogen and oxygen atoms in total. The van der Waals surface area contributed by atoms with Crippen molar-refractivity contribution in [2.75, 3.05) is 36.5 Å². The lowest BCUT2D eigenvalue weighted by Crippen LogP contribution is -2.51. The molecule has 9 heteroatoms. The van der Waals surface area contributed by atoms with Crippen molar-refractivity contribution in [1.82, 2.24) is 5.32 Å². The fourth-order valence-corrected chi connectivity index (χ4v) is 3.07. The molecule has 1 aliphatic heterocycles. The summed E-state index contributed by atoms with van der Waals surface area (Å²) in [5.41, 5.74) is 5.60. The van der Waals surface area contributed by atoms with Crippen molar-refractivity contribution >= 4 is 29.1 Å². The fraction of sp³-hybridized carbons (Fsp3) is 0.500. The lowest BCUT2D eigenvalue weighted by Gasteiger charge is -2.27. The summed E-state index contributed by atoms with van der Waals surface area (Å²) in [4.78, 5) is 37.2. The molecule has 1 heterocycles. The van der Waals surface area contributed by atoms with Gasteiger partial charge < -0.3 is 20.7 Å². The van der Waals surface area contributed by atoms with Crippen LogP contribution in [0.4, 0.5) is 15.8 Å². The molecule has 3 amide bonds. The first-order chi connectivity index (χ1) is 13.0. The maximum Gasteiger partial charge on any atom is 0.253 e. The zero-order valence-corrected chi connectivity index (χ0v) is 14.9. The van der Waals surface area contributed by atoms with E-state index in [1.165, 1.54) is 23.1 Å². The second-order valence-corrected chi connectivity index (χ2v) is 6.79. The van der Waals surface area contributed by atoms with Crippen LogP contribution < -0.4 is 21.3 Å². The average molecular weight is 378 g/mol. The van der Waals surface area contributed by atoms with Crippen molar-refractivity contribution in [3.05, 3.63) is 24.0 Å². The molecule has 0 aromatic heterocycles. The molecular weight excluding hydrogens is 355 g/mol. The molecule has 146 valence electrons. The van der Waals surface area contributed by atoms with E-state index in [9.17, 15) is 18.8 Å². The van der Waals surface area contributed by atoms with Crippen LogP contribution >= 0.6 is 0 Å². The Balaban J connectivity index is 1.65. The SMILES string of the molecule is NC(=O)[C@H](NCC1CCC1)C(=O)Nc1ccc(N2CCOCC2=O)cc1F. The van der Waals surface area contributed by atoms with Gasteiger partial charge in [-0.05, 0) is 43.5 Å². The van der Waals surface area contributed by atoms with Crippen LogP contribution in [0, 0.1) is 11.7 Å². The van der Waals surface area contributed by atoms with Gasteiger partial charge in [0.05, 0.1) is 12.3 Å². The first kappa shape index (κ1) is 19.2. The van der Waals surface area contributed by atoms with Crippen molar-refractivity contribution in [3.63, 3.8) is 0 Å². The normalized spacial score (nSPS) is 18.7. The summed E-state index contributed by atoms with van der Waals surface area (Å²) in [6.45, 7) is 1.17. The van der Waals surface area contributed by atoms with Gasteiger partial charge in [-0.2, -0.15) is 0 Å². The van der Waals surface area contributed by atoms with E-state index < -0.39 is 23.7 Å². The summed E-state index contributed by atoms with van der Waals surface area (Å²) in [5, 5.41) is 5.24. The quantitative estimate of drug-likeness (QED) is 0.593. The number of amides is 3. The number of halogens is 1. The molecule has 1 saturated heterocycles. The lowest BCUT2D eigenvalue weighted by atomic mass is 9.85. The molecule has 1 aliphatic carbocycles. The Morgan fingerprint density at radius 1 is 1.37 bits per heavy atom. The largest absolute Gasteiger partial charge is 0.370 e. The van der Waals surface area contributed by atoms with Gasteiger partial charge >= 0.3 is 0 Å². The number of rotatable bonds is 7. The summed E-state index contributed by atoms with van der Waals surface area (Å²) >= 11 is 0. The van der Waals surface area contributed by atoms with Gasteiger partial charge in [-0.3, -0.25) is 19.7 Å². The minimum Gasteiger partial charge on any atom is -0.370 e. The Hall–Kier alpha value is -2.52. The average Bonchev–Trinajstić information content (AvgIpc) is 2.59. The first-order valence-electron chi connectivity index (χ1n) is 8.97. The number of hydrogen-bond acceptors (Lipinski definition) is 5. The molecule has 1 aromatic carbocycles. The molecule has 2 fully saturated rings. The minimum atomic E-state index is -1.23. The van der Waals surface area contributed by atoms with Crippen LogP contribution in [-0.4, -0.2) is 50.1 Å². The fourth-order valence-electron chi connectivity index (χ4n) is 3.07. The lowest BCUT2D eigenvalue weighted by molar-refractivity contribution is -0.128. The molecule has 1 saturated carbocycles. The second kappa shape index (κ2) is 8.45. The highest BCUT2D eigenvalue weighted by atomic mass is 19.1. The summed E-state index contributed by atoms with van der Waals surface area (Å²) in [6.07, 6.45) is 3.25. The molecule has 1 aromatic rings. The number of nitrogens with zero attached hydrogens (tertiary/aromatic N) is 1. The first-order valence-corrected chi connectivity index (χ1v) is 8.97. The number of carbonyl (C=O) groups is 3. The van der Waals surface area contributed by atoms with E-state index in [0.29, 0.717) is 31.3 Å². The van der Waals surface area contributed by atoms with Crippen LogP contribution in [0.25, 0.3) is 0 Å². The number of anilines is 2. The highest BCUT2D eigenvalue weighted by molar-refractivity contribution is 6.09. The third kappa shape index (κ3) is 4.61.